The SMILES string of the molecule is CCN(CC(N)=S)C1CCCOC1. The van der Waals surface area contributed by atoms with Gasteiger partial charge >= 0.3 is 0 Å². The Bertz CT molecular complexity index is 169. The Morgan fingerprint density at radius 1 is 1.69 bits per heavy atom. The molecule has 0 aromatic heterocycles. The van der Waals surface area contributed by atoms with Gasteiger partial charge in [-0.3, -0.25) is 4.90 Å². The Morgan fingerprint density at radius 3 is 2.92 bits per heavy atom. The van der Waals surface area contributed by atoms with Crippen molar-refractivity contribution < 1.29 is 4.74 Å². The van der Waals surface area contributed by atoms with Gasteiger partial charge in [0, 0.05) is 19.2 Å². The third-order valence-electron chi connectivity index (χ3n) is 2.42. The maximum absolute atomic E-state index is 5.52. The highest BCUT2D eigenvalue weighted by molar-refractivity contribution is 7.80. The standard InChI is InChI=1S/C9H18N2OS/c1-2-11(6-9(10)13)8-4-3-5-12-7-8/h8H,2-7H2,1H3,(H2,10,13). The number of hydrogen-bond donors (Lipinski definition) is 1. The van der Waals surface area contributed by atoms with Crippen LogP contribution < -0.4 is 5.73 Å². The summed E-state index contributed by atoms with van der Waals surface area (Å²) in [4.78, 5) is 2.87. The zero-order valence-electron chi connectivity index (χ0n) is 8.16. The molecule has 1 fully saturated rings. The topological polar surface area (TPSA) is 38.5 Å². The van der Waals surface area contributed by atoms with Crippen molar-refractivity contribution in [1.29, 1.82) is 0 Å². The molecule has 1 aliphatic rings. The molecule has 3 nitrogen and oxygen atoms in total. The summed E-state index contributed by atoms with van der Waals surface area (Å²) in [7, 11) is 0. The van der Waals surface area contributed by atoms with Gasteiger partial charge in [0.2, 0.25) is 0 Å². The molecule has 13 heavy (non-hydrogen) atoms. The molecule has 0 saturated carbocycles. The van der Waals surface area contributed by atoms with Crippen molar-refractivity contribution in [2.24, 2.45) is 5.73 Å². The fraction of sp³-hybridized carbons (Fsp3) is 0.889. The van der Waals surface area contributed by atoms with Gasteiger partial charge in [-0.1, -0.05) is 19.1 Å². The van der Waals surface area contributed by atoms with E-state index in [1.54, 1.807) is 0 Å². The number of nitrogens with two attached hydrogens (primary N) is 1. The van der Waals surface area contributed by atoms with E-state index in [9.17, 15) is 0 Å². The summed E-state index contributed by atoms with van der Waals surface area (Å²) in [6.45, 7) is 5.58. The number of hydrogen-bond acceptors (Lipinski definition) is 3. The molecule has 1 heterocycles. The lowest BCUT2D eigenvalue weighted by Gasteiger charge is -2.32. The molecule has 0 bridgehead atoms. The van der Waals surface area contributed by atoms with E-state index in [0.717, 1.165) is 32.7 Å². The van der Waals surface area contributed by atoms with Crippen molar-refractivity contribution in [2.75, 3.05) is 26.3 Å². The van der Waals surface area contributed by atoms with Crippen LogP contribution in [0.4, 0.5) is 0 Å². The van der Waals surface area contributed by atoms with Gasteiger partial charge in [0.25, 0.3) is 0 Å². The van der Waals surface area contributed by atoms with Crippen LogP contribution in [0.3, 0.4) is 0 Å². The van der Waals surface area contributed by atoms with E-state index in [4.69, 9.17) is 22.7 Å². The second-order valence-corrected chi connectivity index (χ2v) is 3.92. The van der Waals surface area contributed by atoms with Gasteiger partial charge in [0.05, 0.1) is 11.6 Å². The largest absolute Gasteiger partial charge is 0.392 e. The molecule has 1 saturated heterocycles. The maximum Gasteiger partial charge on any atom is 0.0870 e. The van der Waals surface area contributed by atoms with Crippen LogP contribution in [0, 0.1) is 0 Å². The molecule has 2 N–H and O–H groups in total. The van der Waals surface area contributed by atoms with Gasteiger partial charge in [0.1, 0.15) is 0 Å². The zero-order chi connectivity index (χ0) is 9.68. The van der Waals surface area contributed by atoms with E-state index in [1.807, 2.05) is 0 Å². The molecule has 4 heteroatoms. The van der Waals surface area contributed by atoms with E-state index >= 15 is 0 Å². The molecule has 0 spiro atoms. The molecule has 76 valence electrons. The van der Waals surface area contributed by atoms with Crippen molar-refractivity contribution in [1.82, 2.24) is 4.90 Å². The highest BCUT2D eigenvalue weighted by Crippen LogP contribution is 2.12. The summed E-state index contributed by atoms with van der Waals surface area (Å²) in [5.74, 6) is 0. The van der Waals surface area contributed by atoms with Crippen LogP contribution in [0.1, 0.15) is 19.8 Å². The number of nitrogens with zero attached hydrogens (tertiary/aromatic N) is 1. The van der Waals surface area contributed by atoms with Crippen molar-refractivity contribution in [3.8, 4) is 0 Å². The quantitative estimate of drug-likeness (QED) is 0.684. The molecular weight excluding hydrogens is 184 g/mol. The summed E-state index contributed by atoms with van der Waals surface area (Å²) in [6.07, 6.45) is 2.36. The first kappa shape index (κ1) is 10.9. The lowest BCUT2D eigenvalue weighted by atomic mass is 10.1. The lowest BCUT2D eigenvalue weighted by molar-refractivity contribution is 0.0256. The first-order valence-corrected chi connectivity index (χ1v) is 5.25. The molecule has 1 rings (SSSR count). The predicted octanol–water partition coefficient (Wildman–Crippen LogP) is 0.773. The Hall–Kier alpha value is -0.190. The third-order valence-corrected chi connectivity index (χ3v) is 2.55. The van der Waals surface area contributed by atoms with E-state index in [2.05, 4.69) is 11.8 Å². The Labute approximate surface area is 85.2 Å². The number of rotatable bonds is 4. The minimum Gasteiger partial charge on any atom is -0.392 e. The highest BCUT2D eigenvalue weighted by Gasteiger charge is 2.20. The predicted molar refractivity (Wildman–Crippen MR) is 57.9 cm³/mol. The molecule has 1 aliphatic heterocycles. The third kappa shape index (κ3) is 3.58. The van der Waals surface area contributed by atoms with Gasteiger partial charge in [-0.2, -0.15) is 0 Å². The molecule has 0 aromatic rings. The fourth-order valence-electron chi connectivity index (χ4n) is 1.71. The number of ether oxygens (including phenoxy) is 1. The first-order valence-electron chi connectivity index (χ1n) is 4.84. The minimum atomic E-state index is 0.514. The number of likely N-dealkylation sites (N-methyl/N-ethyl adjacent to an activating group) is 1. The van der Waals surface area contributed by atoms with E-state index in [-0.39, 0.29) is 0 Å². The summed E-state index contributed by atoms with van der Waals surface area (Å²) in [5, 5.41) is 0. The normalized spacial score (nSPS) is 23.4. The zero-order valence-corrected chi connectivity index (χ0v) is 8.98. The molecule has 0 aliphatic carbocycles. The van der Waals surface area contributed by atoms with Crippen molar-refractivity contribution in [3.05, 3.63) is 0 Å². The lowest BCUT2D eigenvalue weighted by Crippen LogP contribution is -2.44. The van der Waals surface area contributed by atoms with Crippen LogP contribution in [0.15, 0.2) is 0 Å². The van der Waals surface area contributed by atoms with E-state index < -0.39 is 0 Å². The van der Waals surface area contributed by atoms with Crippen LogP contribution in [0.2, 0.25) is 0 Å². The molecule has 0 amide bonds. The number of thiocarbonyl (C=S) groups is 1. The van der Waals surface area contributed by atoms with Crippen LogP contribution in [0.5, 0.6) is 0 Å². The monoisotopic (exact) mass is 202 g/mol. The van der Waals surface area contributed by atoms with Gasteiger partial charge in [-0.15, -0.1) is 0 Å². The Kier molecular flexibility index (Phi) is 4.62. The van der Waals surface area contributed by atoms with E-state index in [0.29, 0.717) is 11.0 Å². The Balaban J connectivity index is 2.39. The molecular formula is C9H18N2OS. The van der Waals surface area contributed by atoms with E-state index in [1.165, 1.54) is 6.42 Å². The van der Waals surface area contributed by atoms with Crippen molar-refractivity contribution >= 4 is 17.2 Å². The van der Waals surface area contributed by atoms with Gasteiger partial charge in [-0.25, -0.2) is 0 Å². The van der Waals surface area contributed by atoms with Gasteiger partial charge < -0.3 is 10.5 Å². The average molecular weight is 202 g/mol. The Morgan fingerprint density at radius 2 is 2.46 bits per heavy atom. The van der Waals surface area contributed by atoms with Crippen LogP contribution in [-0.4, -0.2) is 42.2 Å². The first-order chi connectivity index (χ1) is 6.24. The molecule has 0 radical (unpaired) electrons. The summed E-state index contributed by atoms with van der Waals surface area (Å²) < 4.78 is 5.42. The van der Waals surface area contributed by atoms with Crippen molar-refractivity contribution in [2.45, 2.75) is 25.8 Å². The van der Waals surface area contributed by atoms with Gasteiger partial charge in [0.15, 0.2) is 0 Å². The van der Waals surface area contributed by atoms with Crippen molar-refractivity contribution in [3.63, 3.8) is 0 Å². The maximum atomic E-state index is 5.52. The van der Waals surface area contributed by atoms with Crippen LogP contribution >= 0.6 is 12.2 Å². The average Bonchev–Trinajstić information content (AvgIpc) is 2.15. The van der Waals surface area contributed by atoms with Crippen LogP contribution in [0.25, 0.3) is 0 Å². The fourth-order valence-corrected chi connectivity index (χ4v) is 1.88. The molecule has 1 unspecified atom stereocenters. The second-order valence-electron chi connectivity index (χ2n) is 3.40. The smallest absolute Gasteiger partial charge is 0.0870 e. The summed E-state index contributed by atoms with van der Waals surface area (Å²) in [6, 6.07) is 0.514. The molecule has 0 aromatic carbocycles. The highest BCUT2D eigenvalue weighted by atomic mass is 32.1. The minimum absolute atomic E-state index is 0.514. The molecule has 1 atom stereocenters. The second kappa shape index (κ2) is 5.52. The van der Waals surface area contributed by atoms with Gasteiger partial charge in [-0.05, 0) is 19.4 Å². The summed E-state index contributed by atoms with van der Waals surface area (Å²) >= 11 is 4.90. The summed E-state index contributed by atoms with van der Waals surface area (Å²) in [5.41, 5.74) is 5.52. The van der Waals surface area contributed by atoms with Crippen LogP contribution in [-0.2, 0) is 4.74 Å².